The van der Waals surface area contributed by atoms with Crippen molar-refractivity contribution in [3.05, 3.63) is 29.8 Å². The zero-order chi connectivity index (χ0) is 20.1. The first-order valence-corrected chi connectivity index (χ1v) is 9.42. The molecule has 0 heterocycles. The number of ether oxygens (including phenoxy) is 1. The Morgan fingerprint density at radius 1 is 1.07 bits per heavy atom. The van der Waals surface area contributed by atoms with Crippen molar-refractivity contribution in [1.29, 1.82) is 0 Å². The summed E-state index contributed by atoms with van der Waals surface area (Å²) in [5.74, 6) is -1.36. The fraction of sp³-hybridized carbons (Fsp3) is 0.550. The zero-order valence-corrected chi connectivity index (χ0v) is 16.3. The van der Waals surface area contributed by atoms with Crippen molar-refractivity contribution >= 4 is 23.4 Å². The molecule has 0 spiro atoms. The summed E-state index contributed by atoms with van der Waals surface area (Å²) in [7, 11) is 1.61. The molecule has 0 aliphatic rings. The van der Waals surface area contributed by atoms with Gasteiger partial charge in [-0.05, 0) is 24.1 Å². The fourth-order valence-corrected chi connectivity index (χ4v) is 2.65. The summed E-state index contributed by atoms with van der Waals surface area (Å²) < 4.78 is 5.04. The molecule has 0 saturated heterocycles. The van der Waals surface area contributed by atoms with Crippen molar-refractivity contribution in [2.45, 2.75) is 64.5 Å². The maximum Gasteiger partial charge on any atom is 0.247 e. The van der Waals surface area contributed by atoms with Gasteiger partial charge in [-0.15, -0.1) is 0 Å². The van der Waals surface area contributed by atoms with E-state index in [-0.39, 0.29) is 12.3 Å². The Balaban J connectivity index is 2.57. The number of methoxy groups -OCH3 is 1. The molecule has 1 aromatic carbocycles. The highest BCUT2D eigenvalue weighted by atomic mass is 16.5. The summed E-state index contributed by atoms with van der Waals surface area (Å²) in [5.41, 5.74) is 6.77. The van der Waals surface area contributed by atoms with Gasteiger partial charge in [-0.1, -0.05) is 44.7 Å². The van der Waals surface area contributed by atoms with E-state index in [1.165, 1.54) is 0 Å². The lowest BCUT2D eigenvalue weighted by atomic mass is 10.1. The van der Waals surface area contributed by atoms with Crippen LogP contribution in [-0.2, 0) is 25.7 Å². The summed E-state index contributed by atoms with van der Waals surface area (Å²) in [4.78, 5) is 35.8. The number of hydrogen-bond acceptors (Lipinski definition) is 4. The van der Waals surface area contributed by atoms with Crippen LogP contribution in [0.15, 0.2) is 24.3 Å². The van der Waals surface area contributed by atoms with Crippen LogP contribution >= 0.6 is 0 Å². The number of unbranched alkanes of at least 4 members (excludes halogenated alkanes) is 4. The van der Waals surface area contributed by atoms with Crippen LogP contribution < -0.4 is 16.4 Å². The standard InChI is InChI=1S/C20H31N3O4/c1-3-4-5-6-7-8-19(25)23-17(13-18(21)24)20(26)22-16-11-9-15(10-12-16)14-27-2/h9-12,17H,3-8,13-14H2,1-2H3,(H2,21,24)(H,22,26)(H,23,25)/t17-/m1/s1. The first-order valence-electron chi connectivity index (χ1n) is 9.42. The first kappa shape index (κ1) is 22.6. The Bertz CT molecular complexity index is 602. The Hall–Kier alpha value is -2.41. The monoisotopic (exact) mass is 377 g/mol. The van der Waals surface area contributed by atoms with Gasteiger partial charge in [0.2, 0.25) is 17.7 Å². The third-order valence-electron chi connectivity index (χ3n) is 4.10. The van der Waals surface area contributed by atoms with Gasteiger partial charge in [-0.25, -0.2) is 0 Å². The lowest BCUT2D eigenvalue weighted by molar-refractivity contribution is -0.128. The van der Waals surface area contributed by atoms with E-state index >= 15 is 0 Å². The number of nitrogens with one attached hydrogen (secondary N) is 2. The van der Waals surface area contributed by atoms with E-state index in [1.807, 2.05) is 12.1 Å². The second-order valence-corrected chi connectivity index (χ2v) is 6.57. The molecule has 1 aromatic rings. The molecule has 1 rings (SSSR count). The Morgan fingerprint density at radius 3 is 2.33 bits per heavy atom. The van der Waals surface area contributed by atoms with E-state index in [0.29, 0.717) is 18.7 Å². The largest absolute Gasteiger partial charge is 0.380 e. The molecule has 0 fully saturated rings. The number of benzene rings is 1. The molecule has 7 heteroatoms. The van der Waals surface area contributed by atoms with Gasteiger partial charge in [-0.3, -0.25) is 14.4 Å². The number of nitrogens with two attached hydrogens (primary N) is 1. The lowest BCUT2D eigenvalue weighted by Gasteiger charge is -2.17. The van der Waals surface area contributed by atoms with E-state index in [9.17, 15) is 14.4 Å². The molecule has 0 bridgehead atoms. The number of primary amides is 1. The lowest BCUT2D eigenvalue weighted by Crippen LogP contribution is -2.46. The number of anilines is 1. The third kappa shape index (κ3) is 9.75. The molecule has 0 aromatic heterocycles. The predicted octanol–water partition coefficient (Wildman–Crippen LogP) is 2.49. The summed E-state index contributed by atoms with van der Waals surface area (Å²) >= 11 is 0. The minimum absolute atomic E-state index is 0.241. The van der Waals surface area contributed by atoms with E-state index in [1.54, 1.807) is 19.2 Å². The maximum atomic E-state index is 12.5. The number of amides is 3. The number of hydrogen-bond donors (Lipinski definition) is 3. The van der Waals surface area contributed by atoms with E-state index < -0.39 is 17.9 Å². The molecule has 0 aliphatic heterocycles. The predicted molar refractivity (Wildman–Crippen MR) is 105 cm³/mol. The van der Waals surface area contributed by atoms with Crippen LogP contribution in [0.1, 0.15) is 57.4 Å². The molecular weight excluding hydrogens is 346 g/mol. The second-order valence-electron chi connectivity index (χ2n) is 6.57. The summed E-state index contributed by atoms with van der Waals surface area (Å²) in [5, 5.41) is 5.32. The topological polar surface area (TPSA) is 111 Å². The van der Waals surface area contributed by atoms with Crippen LogP contribution in [0, 0.1) is 0 Å². The van der Waals surface area contributed by atoms with Crippen molar-refractivity contribution in [3.8, 4) is 0 Å². The molecule has 4 N–H and O–H groups in total. The van der Waals surface area contributed by atoms with Crippen molar-refractivity contribution in [2.75, 3.05) is 12.4 Å². The van der Waals surface area contributed by atoms with Gasteiger partial charge in [0.15, 0.2) is 0 Å². The Labute approximate surface area is 161 Å². The molecule has 0 radical (unpaired) electrons. The smallest absolute Gasteiger partial charge is 0.247 e. The van der Waals surface area contributed by atoms with Gasteiger partial charge >= 0.3 is 0 Å². The molecule has 7 nitrogen and oxygen atoms in total. The molecule has 0 saturated carbocycles. The van der Waals surface area contributed by atoms with Crippen LogP contribution in [0.3, 0.4) is 0 Å². The number of carbonyl (C=O) groups excluding carboxylic acids is 3. The quantitative estimate of drug-likeness (QED) is 0.459. The highest BCUT2D eigenvalue weighted by Crippen LogP contribution is 2.11. The third-order valence-corrected chi connectivity index (χ3v) is 4.10. The molecule has 0 unspecified atom stereocenters. The highest BCUT2D eigenvalue weighted by molar-refractivity contribution is 5.99. The first-order chi connectivity index (χ1) is 13.0. The average Bonchev–Trinajstić information content (AvgIpc) is 2.62. The molecule has 1 atom stereocenters. The van der Waals surface area contributed by atoms with E-state index in [2.05, 4.69) is 17.6 Å². The normalized spacial score (nSPS) is 11.6. The van der Waals surface area contributed by atoms with Crippen LogP contribution in [0.25, 0.3) is 0 Å². The van der Waals surface area contributed by atoms with Crippen molar-refractivity contribution in [1.82, 2.24) is 5.32 Å². The molecule has 27 heavy (non-hydrogen) atoms. The van der Waals surface area contributed by atoms with Gasteiger partial charge in [0.1, 0.15) is 6.04 Å². The highest BCUT2D eigenvalue weighted by Gasteiger charge is 2.22. The summed E-state index contributed by atoms with van der Waals surface area (Å²) in [6, 6.07) is 6.16. The van der Waals surface area contributed by atoms with Crippen LogP contribution in [0.2, 0.25) is 0 Å². The maximum absolute atomic E-state index is 12.5. The zero-order valence-electron chi connectivity index (χ0n) is 16.3. The summed E-state index contributed by atoms with van der Waals surface area (Å²) in [6.45, 7) is 2.61. The van der Waals surface area contributed by atoms with Gasteiger partial charge in [0.25, 0.3) is 0 Å². The van der Waals surface area contributed by atoms with Gasteiger partial charge in [0.05, 0.1) is 13.0 Å². The number of rotatable bonds is 13. The van der Waals surface area contributed by atoms with Crippen molar-refractivity contribution in [3.63, 3.8) is 0 Å². The van der Waals surface area contributed by atoms with Gasteiger partial charge < -0.3 is 21.1 Å². The summed E-state index contributed by atoms with van der Waals surface area (Å²) in [6.07, 6.45) is 5.21. The van der Waals surface area contributed by atoms with Crippen LogP contribution in [0.5, 0.6) is 0 Å². The molecule has 3 amide bonds. The van der Waals surface area contributed by atoms with Crippen molar-refractivity contribution in [2.24, 2.45) is 5.73 Å². The molecule has 0 aliphatic carbocycles. The van der Waals surface area contributed by atoms with Gasteiger partial charge in [-0.2, -0.15) is 0 Å². The SMILES string of the molecule is CCCCCCCC(=O)N[C@H](CC(N)=O)C(=O)Nc1ccc(COC)cc1. The van der Waals surface area contributed by atoms with Gasteiger partial charge in [0, 0.05) is 19.2 Å². The van der Waals surface area contributed by atoms with Crippen LogP contribution in [0.4, 0.5) is 5.69 Å². The minimum Gasteiger partial charge on any atom is -0.380 e. The van der Waals surface area contributed by atoms with E-state index in [4.69, 9.17) is 10.5 Å². The van der Waals surface area contributed by atoms with E-state index in [0.717, 1.165) is 37.7 Å². The Morgan fingerprint density at radius 2 is 1.74 bits per heavy atom. The number of carbonyl (C=O) groups is 3. The van der Waals surface area contributed by atoms with Crippen molar-refractivity contribution < 1.29 is 19.1 Å². The van der Waals surface area contributed by atoms with Crippen LogP contribution in [-0.4, -0.2) is 30.9 Å². The Kier molecular flexibility index (Phi) is 10.8. The molecule has 150 valence electrons. The second kappa shape index (κ2) is 12.9. The molecular formula is C20H31N3O4. The minimum atomic E-state index is -0.982. The fourth-order valence-electron chi connectivity index (χ4n) is 2.65. The average molecular weight is 377 g/mol.